The monoisotopic (exact) mass is 351 g/mol. The first kappa shape index (κ1) is 17.7. The summed E-state index contributed by atoms with van der Waals surface area (Å²) in [6.07, 6.45) is 0. The van der Waals surface area contributed by atoms with E-state index in [9.17, 15) is 14.4 Å². The van der Waals surface area contributed by atoms with Crippen molar-refractivity contribution in [1.82, 2.24) is 10.2 Å². The number of nitrogens with zero attached hydrogens (tertiary/aromatic N) is 1. The number of rotatable bonds is 4. The summed E-state index contributed by atoms with van der Waals surface area (Å²) in [7, 11) is 0. The molecular weight excluding hydrogens is 330 g/mol. The number of benzene rings is 2. The summed E-state index contributed by atoms with van der Waals surface area (Å²) < 4.78 is 0. The third-order valence-corrected chi connectivity index (χ3v) is 4.39. The van der Waals surface area contributed by atoms with E-state index in [-0.39, 0.29) is 23.9 Å². The molecule has 0 radical (unpaired) electrons. The van der Waals surface area contributed by atoms with Crippen molar-refractivity contribution in [2.45, 2.75) is 33.4 Å². The van der Waals surface area contributed by atoms with Gasteiger partial charge in [-0.15, -0.1) is 0 Å². The van der Waals surface area contributed by atoms with Gasteiger partial charge in [0, 0.05) is 18.3 Å². The van der Waals surface area contributed by atoms with E-state index in [1.807, 2.05) is 31.2 Å². The van der Waals surface area contributed by atoms with Crippen LogP contribution in [0.3, 0.4) is 0 Å². The number of fused-ring (bicyclic) bond motifs is 1. The highest BCUT2D eigenvalue weighted by atomic mass is 16.2. The summed E-state index contributed by atoms with van der Waals surface area (Å²) in [5.74, 6) is -0.625. The molecule has 6 heteroatoms. The maximum Gasteiger partial charge on any atom is 0.319 e. The fourth-order valence-corrected chi connectivity index (χ4v) is 2.97. The largest absolute Gasteiger partial charge is 0.334 e. The Bertz CT molecular complexity index is 890. The lowest BCUT2D eigenvalue weighted by atomic mass is 10.1. The van der Waals surface area contributed by atoms with Crippen LogP contribution in [0, 0.1) is 6.92 Å². The van der Waals surface area contributed by atoms with Crippen LogP contribution in [0.25, 0.3) is 0 Å². The Morgan fingerprint density at radius 3 is 2.42 bits per heavy atom. The number of amides is 4. The van der Waals surface area contributed by atoms with Crippen molar-refractivity contribution in [3.8, 4) is 0 Å². The molecule has 0 saturated heterocycles. The maximum absolute atomic E-state index is 12.4. The predicted octanol–water partition coefficient (Wildman–Crippen LogP) is 3.32. The van der Waals surface area contributed by atoms with E-state index in [0.29, 0.717) is 23.4 Å². The fourth-order valence-electron chi connectivity index (χ4n) is 2.97. The van der Waals surface area contributed by atoms with Crippen molar-refractivity contribution in [2.75, 3.05) is 5.32 Å². The highest BCUT2D eigenvalue weighted by molar-refractivity contribution is 6.22. The van der Waals surface area contributed by atoms with Gasteiger partial charge >= 0.3 is 6.03 Å². The molecule has 1 aliphatic rings. The van der Waals surface area contributed by atoms with E-state index in [1.54, 1.807) is 32.0 Å². The number of hydrogen-bond donors (Lipinski definition) is 2. The Kier molecular flexibility index (Phi) is 4.75. The second-order valence-electron chi connectivity index (χ2n) is 6.57. The van der Waals surface area contributed by atoms with Gasteiger partial charge in [0.05, 0.1) is 11.1 Å². The molecule has 0 unspecified atom stereocenters. The van der Waals surface area contributed by atoms with Crippen LogP contribution < -0.4 is 10.6 Å². The van der Waals surface area contributed by atoms with E-state index >= 15 is 0 Å². The van der Waals surface area contributed by atoms with Crippen molar-refractivity contribution in [3.63, 3.8) is 0 Å². The molecule has 4 amide bonds. The molecule has 0 saturated carbocycles. The Hall–Kier alpha value is -3.15. The minimum absolute atomic E-state index is 0.212. The van der Waals surface area contributed by atoms with Crippen LogP contribution >= 0.6 is 0 Å². The first-order chi connectivity index (χ1) is 12.4. The van der Waals surface area contributed by atoms with Gasteiger partial charge in [-0.3, -0.25) is 14.5 Å². The van der Waals surface area contributed by atoms with Gasteiger partial charge in [0.25, 0.3) is 11.8 Å². The van der Waals surface area contributed by atoms with E-state index in [1.165, 1.54) is 4.90 Å². The summed E-state index contributed by atoms with van der Waals surface area (Å²) >= 11 is 0. The Morgan fingerprint density at radius 1 is 1.04 bits per heavy atom. The summed E-state index contributed by atoms with van der Waals surface area (Å²) in [5.41, 5.74) is 3.29. The van der Waals surface area contributed by atoms with Gasteiger partial charge < -0.3 is 10.6 Å². The van der Waals surface area contributed by atoms with Crippen molar-refractivity contribution < 1.29 is 14.4 Å². The van der Waals surface area contributed by atoms with Crippen molar-refractivity contribution in [2.24, 2.45) is 0 Å². The third-order valence-electron chi connectivity index (χ3n) is 4.39. The Morgan fingerprint density at radius 2 is 1.73 bits per heavy atom. The number of carbonyl (C=O) groups is 3. The van der Waals surface area contributed by atoms with Gasteiger partial charge in [-0.1, -0.05) is 24.3 Å². The normalized spacial score (nSPS) is 13.2. The first-order valence-corrected chi connectivity index (χ1v) is 8.49. The highest BCUT2D eigenvalue weighted by Crippen LogP contribution is 2.27. The molecule has 0 bridgehead atoms. The molecule has 6 nitrogen and oxygen atoms in total. The number of imide groups is 1. The van der Waals surface area contributed by atoms with Crippen LogP contribution in [0.1, 0.15) is 45.7 Å². The maximum atomic E-state index is 12.4. The summed E-state index contributed by atoms with van der Waals surface area (Å²) in [6, 6.07) is 12.0. The average molecular weight is 351 g/mol. The predicted molar refractivity (Wildman–Crippen MR) is 99.1 cm³/mol. The second kappa shape index (κ2) is 7.00. The molecule has 2 aromatic carbocycles. The molecule has 26 heavy (non-hydrogen) atoms. The van der Waals surface area contributed by atoms with E-state index in [2.05, 4.69) is 10.6 Å². The van der Waals surface area contributed by atoms with Crippen LogP contribution in [-0.4, -0.2) is 28.8 Å². The van der Waals surface area contributed by atoms with E-state index < -0.39 is 0 Å². The van der Waals surface area contributed by atoms with Gasteiger partial charge in [-0.2, -0.15) is 0 Å². The molecule has 0 atom stereocenters. The molecule has 3 rings (SSSR count). The second-order valence-corrected chi connectivity index (χ2v) is 6.57. The molecule has 0 fully saturated rings. The minimum atomic E-state index is -0.370. The third kappa shape index (κ3) is 3.31. The molecule has 2 aromatic rings. The molecule has 0 aromatic heterocycles. The van der Waals surface area contributed by atoms with E-state index in [4.69, 9.17) is 0 Å². The molecule has 1 aliphatic heterocycles. The molecule has 0 aliphatic carbocycles. The summed E-state index contributed by atoms with van der Waals surface area (Å²) in [6.45, 7) is 5.97. The zero-order chi connectivity index (χ0) is 18.8. The lowest BCUT2D eigenvalue weighted by molar-refractivity contribution is 0.0609. The van der Waals surface area contributed by atoms with Gasteiger partial charge in [-0.05, 0) is 50.1 Å². The van der Waals surface area contributed by atoms with Crippen molar-refractivity contribution in [1.29, 1.82) is 0 Å². The van der Waals surface area contributed by atoms with Crippen LogP contribution in [0.5, 0.6) is 0 Å². The number of nitrogens with one attached hydrogen (secondary N) is 2. The Balaban J connectivity index is 1.69. The lowest BCUT2D eigenvalue weighted by Crippen LogP contribution is -2.35. The topological polar surface area (TPSA) is 78.5 Å². The Labute approximate surface area is 152 Å². The van der Waals surface area contributed by atoms with Crippen LogP contribution in [-0.2, 0) is 6.54 Å². The summed E-state index contributed by atoms with van der Waals surface area (Å²) in [5, 5.41) is 5.50. The minimum Gasteiger partial charge on any atom is -0.334 e. The molecular formula is C20H21N3O3. The molecule has 0 spiro atoms. The number of anilines is 1. The van der Waals surface area contributed by atoms with E-state index in [0.717, 1.165) is 11.1 Å². The van der Waals surface area contributed by atoms with Gasteiger partial charge in [-0.25, -0.2) is 4.79 Å². The van der Waals surface area contributed by atoms with Gasteiger partial charge in [0.2, 0.25) is 0 Å². The number of carbonyl (C=O) groups excluding carboxylic acids is 3. The van der Waals surface area contributed by atoms with Crippen LogP contribution in [0.15, 0.2) is 42.5 Å². The number of aryl methyl sites for hydroxylation is 1. The summed E-state index contributed by atoms with van der Waals surface area (Å²) in [4.78, 5) is 38.1. The number of urea groups is 1. The van der Waals surface area contributed by atoms with Gasteiger partial charge in [0.15, 0.2) is 0 Å². The van der Waals surface area contributed by atoms with Gasteiger partial charge in [0.1, 0.15) is 0 Å². The lowest BCUT2D eigenvalue weighted by Gasteiger charge is -2.17. The quantitative estimate of drug-likeness (QED) is 0.830. The number of hydrogen-bond acceptors (Lipinski definition) is 3. The zero-order valence-corrected chi connectivity index (χ0v) is 15.0. The average Bonchev–Trinajstić information content (AvgIpc) is 2.85. The smallest absolute Gasteiger partial charge is 0.319 e. The molecule has 1 heterocycles. The fraction of sp³-hybridized carbons (Fsp3) is 0.250. The van der Waals surface area contributed by atoms with Crippen molar-refractivity contribution >= 4 is 23.5 Å². The molecule has 134 valence electrons. The first-order valence-electron chi connectivity index (χ1n) is 8.49. The zero-order valence-electron chi connectivity index (χ0n) is 15.0. The SMILES string of the molecule is Cc1ccccc1CNC(=O)Nc1ccc2c(c1)C(=O)N(C(C)C)C2=O. The van der Waals surface area contributed by atoms with Crippen LogP contribution in [0.4, 0.5) is 10.5 Å². The standard InChI is InChI=1S/C20H21N3O3/c1-12(2)23-18(24)16-9-8-15(10-17(16)19(23)25)22-20(26)21-11-14-7-5-4-6-13(14)3/h4-10,12H,11H2,1-3H3,(H2,21,22,26). The highest BCUT2D eigenvalue weighted by Gasteiger charge is 2.37. The van der Waals surface area contributed by atoms with Crippen LogP contribution in [0.2, 0.25) is 0 Å². The molecule has 2 N–H and O–H groups in total. The van der Waals surface area contributed by atoms with Crippen molar-refractivity contribution in [3.05, 3.63) is 64.7 Å².